The average molecular weight is 919 g/mol. The zero-order valence-corrected chi connectivity index (χ0v) is 38.4. The molecule has 0 aromatic carbocycles. The quantitative estimate of drug-likeness (QED) is 0.105. The Kier molecular flexibility index (Phi) is 13.4. The second-order valence-electron chi connectivity index (χ2n) is 23.0. The Bertz CT molecular complexity index is 1650. The van der Waals surface area contributed by atoms with E-state index in [4.69, 9.17) is 28.4 Å². The van der Waals surface area contributed by atoms with Gasteiger partial charge in [0.15, 0.2) is 18.9 Å². The molecule has 0 amide bonds. The van der Waals surface area contributed by atoms with Gasteiger partial charge in [-0.2, -0.15) is 0 Å². The summed E-state index contributed by atoms with van der Waals surface area (Å²) in [6, 6.07) is 0. The standard InChI is InChI=1S/C46H78O18/c1-20(8-9-27(51)42(4,5)64-40-36(58)33(55)32(54)25(16-47)62-40)29-21(48)15-44(7)26-14-24(61-38-34(56)30(52)22(49)17-59-38)37-41(2,3)28(63-39-35(57)31(53)23(50)18-60-39)10-11-46(37)19-45(26,46)13-12-43(29,44)6/h20-40,47-58H,8-19H2,1-7H3/t20-,21+,22-,23-,24+,25-,26+,27+,28+,29+,30+,31+,32-,33+,34-,35-,36-,37+,38+,39+,40+,43-,44+,45+,46+/m1/s1. The first-order valence-electron chi connectivity index (χ1n) is 23.8. The Morgan fingerprint density at radius 3 is 1.88 bits per heavy atom. The van der Waals surface area contributed by atoms with Crippen LogP contribution >= 0.6 is 0 Å². The number of rotatable bonds is 12. The van der Waals surface area contributed by atoms with Crippen molar-refractivity contribution in [1.29, 1.82) is 0 Å². The van der Waals surface area contributed by atoms with Gasteiger partial charge in [-0.1, -0.05) is 34.6 Å². The van der Waals surface area contributed by atoms with Gasteiger partial charge in [-0.25, -0.2) is 0 Å². The van der Waals surface area contributed by atoms with Crippen molar-refractivity contribution in [3.05, 3.63) is 0 Å². The first-order chi connectivity index (χ1) is 29.8. The molecule has 12 N–H and O–H groups in total. The Balaban J connectivity index is 1.02. The first kappa shape index (κ1) is 49.7. The van der Waals surface area contributed by atoms with E-state index in [2.05, 4.69) is 34.6 Å². The van der Waals surface area contributed by atoms with Gasteiger partial charge in [0.05, 0.1) is 49.8 Å². The van der Waals surface area contributed by atoms with Crippen LogP contribution in [0.2, 0.25) is 0 Å². The van der Waals surface area contributed by atoms with Crippen LogP contribution in [-0.2, 0) is 28.4 Å². The zero-order chi connectivity index (χ0) is 46.9. The lowest BCUT2D eigenvalue weighted by Gasteiger charge is -2.65. The van der Waals surface area contributed by atoms with Crippen molar-refractivity contribution in [3.63, 3.8) is 0 Å². The highest BCUT2D eigenvalue weighted by atomic mass is 16.7. The molecule has 0 radical (unpaired) electrons. The van der Waals surface area contributed by atoms with Gasteiger partial charge in [0.2, 0.25) is 0 Å². The van der Waals surface area contributed by atoms with Crippen molar-refractivity contribution in [2.45, 2.75) is 216 Å². The lowest BCUT2D eigenvalue weighted by atomic mass is 9.41. The molecular formula is C46H78O18. The summed E-state index contributed by atoms with van der Waals surface area (Å²) >= 11 is 0. The van der Waals surface area contributed by atoms with Gasteiger partial charge in [-0.15, -0.1) is 0 Å². The van der Waals surface area contributed by atoms with Crippen molar-refractivity contribution in [2.75, 3.05) is 19.8 Å². The van der Waals surface area contributed by atoms with E-state index in [1.165, 1.54) is 0 Å². The predicted molar refractivity (Wildman–Crippen MR) is 222 cm³/mol. The topological polar surface area (TPSA) is 298 Å². The molecule has 3 saturated heterocycles. The Morgan fingerprint density at radius 2 is 1.27 bits per heavy atom. The number of hydrogen-bond donors (Lipinski definition) is 12. The molecule has 8 aliphatic rings. The van der Waals surface area contributed by atoms with Gasteiger partial charge in [0.25, 0.3) is 0 Å². The molecule has 0 bridgehead atoms. The van der Waals surface area contributed by atoms with Crippen molar-refractivity contribution in [1.82, 2.24) is 0 Å². The summed E-state index contributed by atoms with van der Waals surface area (Å²) in [6.45, 7) is 13.3. The minimum absolute atomic E-state index is 0.0349. The summed E-state index contributed by atoms with van der Waals surface area (Å²) in [6.07, 6.45) is -14.6. The van der Waals surface area contributed by atoms with Crippen LogP contribution in [0.1, 0.15) is 106 Å². The highest BCUT2D eigenvalue weighted by molar-refractivity contribution is 5.33. The van der Waals surface area contributed by atoms with Gasteiger partial charge >= 0.3 is 0 Å². The van der Waals surface area contributed by atoms with Crippen molar-refractivity contribution in [2.24, 2.45) is 50.7 Å². The smallest absolute Gasteiger partial charge is 0.187 e. The molecule has 0 aromatic rings. The molecule has 3 heterocycles. The molecular weight excluding hydrogens is 840 g/mol. The Labute approximate surface area is 375 Å². The highest BCUT2D eigenvalue weighted by Crippen LogP contribution is 2.89. The molecule has 370 valence electrons. The monoisotopic (exact) mass is 919 g/mol. The van der Waals surface area contributed by atoms with Crippen LogP contribution in [0, 0.1) is 50.7 Å². The number of hydrogen-bond acceptors (Lipinski definition) is 18. The highest BCUT2D eigenvalue weighted by Gasteiger charge is 2.84. The van der Waals surface area contributed by atoms with E-state index in [9.17, 15) is 61.3 Å². The summed E-state index contributed by atoms with van der Waals surface area (Å²) in [5, 5.41) is 128. The maximum Gasteiger partial charge on any atom is 0.187 e. The van der Waals surface area contributed by atoms with Gasteiger partial charge < -0.3 is 89.7 Å². The van der Waals surface area contributed by atoms with Crippen LogP contribution in [0.4, 0.5) is 0 Å². The predicted octanol–water partition coefficient (Wildman–Crippen LogP) is -0.973. The van der Waals surface area contributed by atoms with Crippen LogP contribution < -0.4 is 0 Å². The lowest BCUT2D eigenvalue weighted by Crippen LogP contribution is -2.64. The Morgan fingerprint density at radius 1 is 0.672 bits per heavy atom. The zero-order valence-electron chi connectivity index (χ0n) is 38.4. The van der Waals surface area contributed by atoms with Crippen molar-refractivity contribution in [3.8, 4) is 0 Å². The molecule has 5 aliphatic carbocycles. The van der Waals surface area contributed by atoms with Crippen LogP contribution in [0.15, 0.2) is 0 Å². The molecule has 5 saturated carbocycles. The summed E-state index contributed by atoms with van der Waals surface area (Å²) in [5.41, 5.74) is -2.85. The van der Waals surface area contributed by atoms with Crippen molar-refractivity contribution < 1.29 is 89.7 Å². The van der Waals surface area contributed by atoms with E-state index >= 15 is 0 Å². The number of ether oxygens (including phenoxy) is 6. The summed E-state index contributed by atoms with van der Waals surface area (Å²) in [7, 11) is 0. The maximum absolute atomic E-state index is 12.2. The van der Waals surface area contributed by atoms with Gasteiger partial charge in [0.1, 0.15) is 61.0 Å². The summed E-state index contributed by atoms with van der Waals surface area (Å²) in [4.78, 5) is 0. The number of fused-ring (bicyclic) bond motifs is 2. The average Bonchev–Trinajstić information content (AvgIpc) is 3.83. The minimum atomic E-state index is -1.62. The third kappa shape index (κ3) is 7.59. The fraction of sp³-hybridized carbons (Fsp3) is 1.00. The van der Waals surface area contributed by atoms with Gasteiger partial charge in [0, 0.05) is 0 Å². The first-order valence-corrected chi connectivity index (χ1v) is 23.8. The molecule has 2 spiro atoms. The second-order valence-corrected chi connectivity index (χ2v) is 23.0. The normalized spacial score (nSPS) is 54.5. The number of aliphatic hydroxyl groups is 12. The number of aliphatic hydroxyl groups excluding tert-OH is 12. The van der Waals surface area contributed by atoms with E-state index in [0.29, 0.717) is 32.1 Å². The molecule has 64 heavy (non-hydrogen) atoms. The fourth-order valence-corrected chi connectivity index (χ4v) is 15.5. The second kappa shape index (κ2) is 17.3. The molecule has 0 unspecified atom stereocenters. The molecule has 0 aromatic heterocycles. The SMILES string of the molecule is C[C@H](CC[C@H](O)C(C)(C)O[C@@H]1O[C@H](CO)[C@@H](O)[C@H](O)[C@H]1O)[C@H]1[C@@H](O)C[C@@]2(C)[C@@H]3C[C@H](O[C@@H]4OC[C@@H](O)[C@H](O)[C@H]4O)[C@H]4C(C)(C)[C@@H](O[C@@H]5OC[C@@H](O)[C@H](O)[C@H]5O)CC[C@]45C[C@@]35CC[C@]12C. The third-order valence-electron chi connectivity index (χ3n) is 19.1. The van der Waals surface area contributed by atoms with Crippen LogP contribution in [-0.4, -0.2) is 191 Å². The van der Waals surface area contributed by atoms with Crippen LogP contribution in [0.3, 0.4) is 0 Å². The Hall–Kier alpha value is -0.720. The third-order valence-corrected chi connectivity index (χ3v) is 19.1. The summed E-state index contributed by atoms with van der Waals surface area (Å²) < 4.78 is 36.6. The van der Waals surface area contributed by atoms with E-state index < -0.39 is 122 Å². The largest absolute Gasteiger partial charge is 0.394 e. The van der Waals surface area contributed by atoms with Crippen LogP contribution in [0.5, 0.6) is 0 Å². The van der Waals surface area contributed by atoms with E-state index in [0.717, 1.165) is 25.7 Å². The molecule has 8 rings (SSSR count). The molecule has 25 atom stereocenters. The van der Waals surface area contributed by atoms with Gasteiger partial charge in [-0.3, -0.25) is 0 Å². The fourth-order valence-electron chi connectivity index (χ4n) is 15.5. The maximum atomic E-state index is 12.2. The molecule has 8 fully saturated rings. The van der Waals surface area contributed by atoms with Crippen molar-refractivity contribution >= 4 is 0 Å². The van der Waals surface area contributed by atoms with E-state index in [-0.39, 0.29) is 58.5 Å². The molecule has 18 nitrogen and oxygen atoms in total. The van der Waals surface area contributed by atoms with Crippen LogP contribution in [0.25, 0.3) is 0 Å². The molecule has 18 heteroatoms. The minimum Gasteiger partial charge on any atom is -0.394 e. The van der Waals surface area contributed by atoms with Gasteiger partial charge in [-0.05, 0) is 122 Å². The van der Waals surface area contributed by atoms with E-state index in [1.807, 2.05) is 0 Å². The van der Waals surface area contributed by atoms with E-state index in [1.54, 1.807) is 13.8 Å². The molecule has 3 aliphatic heterocycles. The summed E-state index contributed by atoms with van der Waals surface area (Å²) in [5.74, 6) is -0.213. The lowest BCUT2D eigenvalue weighted by molar-refractivity contribution is -0.331.